The molecule has 1 N–H and O–H groups in total. The number of rotatable bonds is 4. The van der Waals surface area contributed by atoms with Gasteiger partial charge in [0.05, 0.1) is 12.8 Å². The highest BCUT2D eigenvalue weighted by atomic mass is 79.9. The van der Waals surface area contributed by atoms with Gasteiger partial charge in [-0.3, -0.25) is 19.8 Å². The van der Waals surface area contributed by atoms with Gasteiger partial charge in [-0.2, -0.15) is 0 Å². The lowest BCUT2D eigenvalue weighted by molar-refractivity contribution is -0.122. The van der Waals surface area contributed by atoms with Gasteiger partial charge in [-0.1, -0.05) is 15.9 Å². The van der Waals surface area contributed by atoms with Crippen LogP contribution in [0.25, 0.3) is 11.8 Å². The van der Waals surface area contributed by atoms with Gasteiger partial charge >= 0.3 is 0 Å². The number of anilines is 1. The molecule has 3 aromatic rings. The zero-order valence-electron chi connectivity index (χ0n) is 16.8. The van der Waals surface area contributed by atoms with Gasteiger partial charge in [0, 0.05) is 22.6 Å². The smallest absolute Gasteiger partial charge is 0.270 e. The summed E-state index contributed by atoms with van der Waals surface area (Å²) in [5.74, 6) is -0.211. The number of ether oxygens (including phenoxy) is 1. The van der Waals surface area contributed by atoms with Gasteiger partial charge in [-0.25, -0.2) is 0 Å². The van der Waals surface area contributed by atoms with E-state index in [-0.39, 0.29) is 10.7 Å². The molecule has 156 valence electrons. The molecule has 8 heteroatoms. The van der Waals surface area contributed by atoms with Crippen LogP contribution in [0, 0.1) is 6.92 Å². The Kier molecular flexibility index (Phi) is 5.75. The van der Waals surface area contributed by atoms with Crippen LogP contribution in [0.3, 0.4) is 0 Å². The van der Waals surface area contributed by atoms with Crippen molar-refractivity contribution in [2.24, 2.45) is 0 Å². The van der Waals surface area contributed by atoms with Crippen LogP contribution in [-0.2, 0) is 9.59 Å². The van der Waals surface area contributed by atoms with Gasteiger partial charge in [-0.05, 0) is 84.9 Å². The van der Waals surface area contributed by atoms with E-state index in [2.05, 4.69) is 21.2 Å². The highest BCUT2D eigenvalue weighted by molar-refractivity contribution is 9.10. The molecule has 1 fully saturated rings. The number of carbonyl (C=O) groups excluding carboxylic acids is 2. The third kappa shape index (κ3) is 4.17. The largest absolute Gasteiger partial charge is 0.497 e. The molecule has 2 aromatic carbocycles. The summed E-state index contributed by atoms with van der Waals surface area (Å²) >= 11 is 8.70. The molecule has 6 nitrogen and oxygen atoms in total. The summed E-state index contributed by atoms with van der Waals surface area (Å²) < 4.78 is 7.98. The molecule has 1 aliphatic heterocycles. The zero-order chi connectivity index (χ0) is 22.1. The molecule has 2 amide bonds. The average Bonchev–Trinajstić information content (AvgIpc) is 3.21. The first kappa shape index (κ1) is 21.0. The molecule has 0 saturated carbocycles. The predicted molar refractivity (Wildman–Crippen MR) is 127 cm³/mol. The van der Waals surface area contributed by atoms with Gasteiger partial charge in [-0.15, -0.1) is 0 Å². The molecule has 1 aliphatic rings. The van der Waals surface area contributed by atoms with E-state index in [1.54, 1.807) is 19.3 Å². The third-order valence-corrected chi connectivity index (χ3v) is 5.68. The van der Waals surface area contributed by atoms with Crippen molar-refractivity contribution < 1.29 is 14.3 Å². The van der Waals surface area contributed by atoms with Crippen molar-refractivity contribution in [3.63, 3.8) is 0 Å². The number of nitrogens with one attached hydrogen (secondary N) is 1. The lowest BCUT2D eigenvalue weighted by Gasteiger charge is -2.30. The Bertz CT molecular complexity index is 1230. The second-order valence-corrected chi connectivity index (χ2v) is 8.24. The number of aryl methyl sites for hydroxylation is 1. The van der Waals surface area contributed by atoms with Gasteiger partial charge in [0.1, 0.15) is 11.3 Å². The molecule has 1 saturated heterocycles. The van der Waals surface area contributed by atoms with Crippen molar-refractivity contribution >= 4 is 56.8 Å². The quantitative estimate of drug-likeness (QED) is 0.331. The summed E-state index contributed by atoms with van der Waals surface area (Å²) in [6.45, 7) is 1.88. The molecule has 2 heterocycles. The van der Waals surface area contributed by atoms with E-state index in [9.17, 15) is 9.59 Å². The molecule has 0 aliphatic carbocycles. The first-order valence-electron chi connectivity index (χ1n) is 9.37. The molecular formula is C23H18BrN3O3S. The zero-order valence-corrected chi connectivity index (χ0v) is 19.2. The number of methoxy groups -OCH3 is 1. The Morgan fingerprint density at radius 2 is 1.84 bits per heavy atom. The number of aromatic nitrogens is 1. The summed E-state index contributed by atoms with van der Waals surface area (Å²) in [6.07, 6.45) is 5.28. The molecule has 0 unspecified atom stereocenters. The van der Waals surface area contributed by atoms with E-state index in [4.69, 9.17) is 17.0 Å². The Labute approximate surface area is 193 Å². The van der Waals surface area contributed by atoms with Crippen LogP contribution in [0.15, 0.2) is 71.0 Å². The van der Waals surface area contributed by atoms with E-state index in [0.29, 0.717) is 5.69 Å². The average molecular weight is 496 g/mol. The number of nitrogens with zero attached hydrogens (tertiary/aromatic N) is 2. The maximum atomic E-state index is 13.2. The van der Waals surface area contributed by atoms with Crippen molar-refractivity contribution in [2.45, 2.75) is 6.92 Å². The van der Waals surface area contributed by atoms with Gasteiger partial charge in [0.25, 0.3) is 11.8 Å². The van der Waals surface area contributed by atoms with Crippen LogP contribution in [0.2, 0.25) is 0 Å². The van der Waals surface area contributed by atoms with Crippen LogP contribution < -0.4 is 15.0 Å². The predicted octanol–water partition coefficient (Wildman–Crippen LogP) is 4.39. The van der Waals surface area contributed by atoms with Crippen LogP contribution in [0.4, 0.5) is 5.69 Å². The van der Waals surface area contributed by atoms with Crippen molar-refractivity contribution in [1.29, 1.82) is 0 Å². The maximum absolute atomic E-state index is 13.2. The SMILES string of the molecule is COc1ccc(-n2ccc(/C=C3/C(=O)NC(=S)N(c4ccc(Br)cc4C)C3=O)c2)cc1. The van der Waals surface area contributed by atoms with Crippen molar-refractivity contribution in [3.8, 4) is 11.4 Å². The standard InChI is InChI=1S/C23H18BrN3O3S/c1-14-11-16(24)3-8-20(14)27-22(29)19(21(28)25-23(27)31)12-15-9-10-26(13-15)17-4-6-18(30-2)7-5-17/h3-13H,1-2H3,(H,25,28,31)/b19-12-. The second-order valence-electron chi connectivity index (χ2n) is 6.94. The second kappa shape index (κ2) is 8.49. The Morgan fingerprint density at radius 1 is 1.10 bits per heavy atom. The van der Waals surface area contributed by atoms with Crippen molar-refractivity contribution in [2.75, 3.05) is 12.0 Å². The van der Waals surface area contributed by atoms with E-state index < -0.39 is 11.8 Å². The van der Waals surface area contributed by atoms with Crippen LogP contribution in [0.5, 0.6) is 5.75 Å². The van der Waals surface area contributed by atoms with Crippen LogP contribution in [0.1, 0.15) is 11.1 Å². The summed E-state index contributed by atoms with van der Waals surface area (Å²) in [5.41, 5.74) is 3.14. The number of carbonyl (C=O) groups is 2. The summed E-state index contributed by atoms with van der Waals surface area (Å²) in [5, 5.41) is 2.68. The molecule has 0 radical (unpaired) electrons. The minimum absolute atomic E-state index is 0.0170. The Hall–Kier alpha value is -3.23. The molecule has 4 rings (SSSR count). The molecule has 0 bridgehead atoms. The lowest BCUT2D eigenvalue weighted by atomic mass is 10.1. The fourth-order valence-electron chi connectivity index (χ4n) is 3.33. The van der Waals surface area contributed by atoms with E-state index in [1.807, 2.05) is 66.3 Å². The summed E-state index contributed by atoms with van der Waals surface area (Å²) in [4.78, 5) is 27.1. The number of hydrogen-bond acceptors (Lipinski definition) is 4. The maximum Gasteiger partial charge on any atom is 0.270 e. The highest BCUT2D eigenvalue weighted by Gasteiger charge is 2.35. The monoisotopic (exact) mass is 495 g/mol. The lowest BCUT2D eigenvalue weighted by Crippen LogP contribution is -2.54. The number of amides is 2. The first-order chi connectivity index (χ1) is 14.9. The fraction of sp³-hybridized carbons (Fsp3) is 0.0870. The molecule has 0 spiro atoms. The Balaban J connectivity index is 1.66. The van der Waals surface area contributed by atoms with Crippen LogP contribution >= 0.6 is 28.1 Å². The van der Waals surface area contributed by atoms with Gasteiger partial charge < -0.3 is 9.30 Å². The van der Waals surface area contributed by atoms with Gasteiger partial charge in [0.15, 0.2) is 5.11 Å². The molecule has 0 atom stereocenters. The van der Waals surface area contributed by atoms with Crippen molar-refractivity contribution in [1.82, 2.24) is 9.88 Å². The van der Waals surface area contributed by atoms with Crippen molar-refractivity contribution in [3.05, 3.63) is 82.1 Å². The highest BCUT2D eigenvalue weighted by Crippen LogP contribution is 2.28. The minimum atomic E-state index is -0.516. The molecule has 1 aromatic heterocycles. The number of thiocarbonyl (C=S) groups is 1. The fourth-order valence-corrected chi connectivity index (χ4v) is 4.08. The number of benzene rings is 2. The number of hydrogen-bond donors (Lipinski definition) is 1. The third-order valence-electron chi connectivity index (χ3n) is 4.90. The summed E-state index contributed by atoms with van der Waals surface area (Å²) in [6, 6.07) is 14.9. The topological polar surface area (TPSA) is 63.6 Å². The van der Waals surface area contributed by atoms with E-state index >= 15 is 0 Å². The molecular weight excluding hydrogens is 478 g/mol. The summed E-state index contributed by atoms with van der Waals surface area (Å²) in [7, 11) is 1.62. The van der Waals surface area contributed by atoms with E-state index in [0.717, 1.165) is 27.0 Å². The van der Waals surface area contributed by atoms with E-state index in [1.165, 1.54) is 4.90 Å². The first-order valence-corrected chi connectivity index (χ1v) is 10.6. The number of halogens is 1. The normalized spacial score (nSPS) is 15.4. The minimum Gasteiger partial charge on any atom is -0.497 e. The van der Waals surface area contributed by atoms with Crippen LogP contribution in [-0.4, -0.2) is 28.6 Å². The Morgan fingerprint density at radius 3 is 2.52 bits per heavy atom. The molecule has 31 heavy (non-hydrogen) atoms. The van der Waals surface area contributed by atoms with Gasteiger partial charge in [0.2, 0.25) is 0 Å².